The third-order valence-corrected chi connectivity index (χ3v) is 1.75. The maximum atomic E-state index is 10.8. The molecule has 0 saturated carbocycles. The number of carboxylic acid groups (broad SMARTS) is 1. The molecule has 0 aliphatic carbocycles. The van der Waals surface area contributed by atoms with Gasteiger partial charge in [0, 0.05) is 0 Å². The van der Waals surface area contributed by atoms with E-state index in [0.29, 0.717) is 0 Å². The first-order valence-corrected chi connectivity index (χ1v) is 3.63. The van der Waals surface area contributed by atoms with Crippen molar-refractivity contribution in [2.75, 3.05) is 6.61 Å². The normalized spacial score (nSPS) is 33.2. The van der Waals surface area contributed by atoms with Crippen LogP contribution in [0.2, 0.25) is 0 Å². The van der Waals surface area contributed by atoms with Crippen LogP contribution >= 0.6 is 0 Å². The Morgan fingerprint density at radius 1 is 1.67 bits per heavy atom. The first-order valence-electron chi connectivity index (χ1n) is 3.63. The SMILES string of the molecule is C=CC1(C(=O)O)COC(C)(C)O1. The summed E-state index contributed by atoms with van der Waals surface area (Å²) in [5.41, 5.74) is -1.37. The van der Waals surface area contributed by atoms with Crippen LogP contribution in [0, 0.1) is 0 Å². The molecular formula is C8H12O4. The molecule has 1 rings (SSSR count). The van der Waals surface area contributed by atoms with Crippen molar-refractivity contribution >= 4 is 5.97 Å². The van der Waals surface area contributed by atoms with E-state index in [1.165, 1.54) is 6.08 Å². The molecule has 1 aliphatic rings. The lowest BCUT2D eigenvalue weighted by Crippen LogP contribution is -2.40. The van der Waals surface area contributed by atoms with Crippen molar-refractivity contribution in [3.8, 4) is 0 Å². The van der Waals surface area contributed by atoms with Crippen LogP contribution in [-0.2, 0) is 14.3 Å². The van der Waals surface area contributed by atoms with Gasteiger partial charge in [0.05, 0.1) is 6.61 Å². The third kappa shape index (κ3) is 1.35. The summed E-state index contributed by atoms with van der Waals surface area (Å²) in [4.78, 5) is 10.8. The van der Waals surface area contributed by atoms with E-state index in [1.54, 1.807) is 13.8 Å². The van der Waals surface area contributed by atoms with E-state index in [9.17, 15) is 4.79 Å². The van der Waals surface area contributed by atoms with Crippen LogP contribution in [0.3, 0.4) is 0 Å². The number of rotatable bonds is 2. The second-order valence-electron chi connectivity index (χ2n) is 3.19. The maximum Gasteiger partial charge on any atom is 0.342 e. The van der Waals surface area contributed by atoms with Crippen molar-refractivity contribution in [1.29, 1.82) is 0 Å². The lowest BCUT2D eigenvalue weighted by Gasteiger charge is -2.21. The molecule has 68 valence electrons. The Balaban J connectivity index is 2.87. The van der Waals surface area contributed by atoms with Crippen LogP contribution in [0.4, 0.5) is 0 Å². The average molecular weight is 172 g/mol. The van der Waals surface area contributed by atoms with Gasteiger partial charge in [0.1, 0.15) is 0 Å². The Bertz CT molecular complexity index is 221. The second-order valence-corrected chi connectivity index (χ2v) is 3.19. The molecule has 1 N–H and O–H groups in total. The Labute approximate surface area is 70.8 Å². The van der Waals surface area contributed by atoms with Gasteiger partial charge in [-0.15, -0.1) is 0 Å². The van der Waals surface area contributed by atoms with E-state index >= 15 is 0 Å². The molecule has 0 aromatic carbocycles. The van der Waals surface area contributed by atoms with Gasteiger partial charge in [-0.2, -0.15) is 0 Å². The van der Waals surface area contributed by atoms with Crippen LogP contribution in [0.15, 0.2) is 12.7 Å². The number of carbonyl (C=O) groups is 1. The summed E-state index contributed by atoms with van der Waals surface area (Å²) in [7, 11) is 0. The first-order chi connectivity index (χ1) is 5.42. The smallest absolute Gasteiger partial charge is 0.342 e. The van der Waals surface area contributed by atoms with E-state index in [2.05, 4.69) is 6.58 Å². The second kappa shape index (κ2) is 2.57. The van der Waals surface area contributed by atoms with Crippen molar-refractivity contribution < 1.29 is 19.4 Å². The Morgan fingerprint density at radius 2 is 2.25 bits per heavy atom. The molecule has 0 radical (unpaired) electrons. The van der Waals surface area contributed by atoms with Crippen molar-refractivity contribution in [3.05, 3.63) is 12.7 Å². The lowest BCUT2D eigenvalue weighted by atomic mass is 10.1. The quantitative estimate of drug-likeness (QED) is 0.625. The molecule has 4 heteroatoms. The summed E-state index contributed by atoms with van der Waals surface area (Å²) in [6.45, 7) is 6.76. The average Bonchev–Trinajstić information content (AvgIpc) is 2.27. The van der Waals surface area contributed by atoms with Crippen molar-refractivity contribution in [2.24, 2.45) is 0 Å². The molecule has 0 aromatic heterocycles. The van der Waals surface area contributed by atoms with E-state index in [4.69, 9.17) is 14.6 Å². The Hall–Kier alpha value is -0.870. The zero-order valence-electron chi connectivity index (χ0n) is 7.16. The maximum absolute atomic E-state index is 10.8. The van der Waals surface area contributed by atoms with Gasteiger partial charge in [-0.05, 0) is 19.9 Å². The Morgan fingerprint density at radius 3 is 2.42 bits per heavy atom. The molecule has 0 aromatic rings. The summed E-state index contributed by atoms with van der Waals surface area (Å²) in [5.74, 6) is -1.91. The number of hydrogen-bond acceptors (Lipinski definition) is 3. The number of aliphatic carboxylic acids is 1. The van der Waals surface area contributed by atoms with Crippen LogP contribution in [0.25, 0.3) is 0 Å². The summed E-state index contributed by atoms with van der Waals surface area (Å²) in [6, 6.07) is 0. The zero-order chi connectivity index (χ0) is 9.41. The minimum Gasteiger partial charge on any atom is -0.479 e. The van der Waals surface area contributed by atoms with Crippen LogP contribution in [0.5, 0.6) is 0 Å². The molecule has 0 spiro atoms. The molecule has 0 bridgehead atoms. The molecule has 12 heavy (non-hydrogen) atoms. The molecule has 1 saturated heterocycles. The molecule has 4 nitrogen and oxygen atoms in total. The van der Waals surface area contributed by atoms with E-state index in [1.807, 2.05) is 0 Å². The highest BCUT2D eigenvalue weighted by atomic mass is 16.8. The zero-order valence-corrected chi connectivity index (χ0v) is 7.16. The molecule has 1 aliphatic heterocycles. The fraction of sp³-hybridized carbons (Fsp3) is 0.625. The van der Waals surface area contributed by atoms with Crippen molar-refractivity contribution in [1.82, 2.24) is 0 Å². The van der Waals surface area contributed by atoms with Gasteiger partial charge in [0.15, 0.2) is 5.79 Å². The lowest BCUT2D eigenvalue weighted by molar-refractivity contribution is -0.177. The highest BCUT2D eigenvalue weighted by molar-refractivity contribution is 5.80. The monoisotopic (exact) mass is 172 g/mol. The number of ether oxygens (including phenoxy) is 2. The van der Waals surface area contributed by atoms with Gasteiger partial charge >= 0.3 is 5.97 Å². The summed E-state index contributed by atoms with van der Waals surface area (Å²) >= 11 is 0. The highest BCUT2D eigenvalue weighted by Crippen LogP contribution is 2.31. The van der Waals surface area contributed by atoms with Crippen LogP contribution < -0.4 is 0 Å². The van der Waals surface area contributed by atoms with Crippen molar-refractivity contribution in [2.45, 2.75) is 25.2 Å². The molecule has 0 amide bonds. The van der Waals surface area contributed by atoms with Crippen LogP contribution in [0.1, 0.15) is 13.8 Å². The molecule has 1 unspecified atom stereocenters. The predicted molar refractivity (Wildman–Crippen MR) is 41.7 cm³/mol. The third-order valence-electron chi connectivity index (χ3n) is 1.75. The highest BCUT2D eigenvalue weighted by Gasteiger charge is 2.49. The predicted octanol–water partition coefficient (Wildman–Crippen LogP) is 0.779. The minimum atomic E-state index is -1.37. The van der Waals surface area contributed by atoms with Gasteiger partial charge in [-0.3, -0.25) is 0 Å². The van der Waals surface area contributed by atoms with Gasteiger partial charge in [-0.1, -0.05) is 6.58 Å². The summed E-state index contributed by atoms with van der Waals surface area (Å²) in [5, 5.41) is 8.82. The molecule has 1 heterocycles. The van der Waals surface area contributed by atoms with E-state index < -0.39 is 17.4 Å². The first kappa shape index (κ1) is 9.22. The molecule has 1 fully saturated rings. The fourth-order valence-electron chi connectivity index (χ4n) is 1.07. The van der Waals surface area contributed by atoms with Gasteiger partial charge < -0.3 is 14.6 Å². The van der Waals surface area contributed by atoms with Crippen molar-refractivity contribution in [3.63, 3.8) is 0 Å². The van der Waals surface area contributed by atoms with Gasteiger partial charge in [0.25, 0.3) is 0 Å². The van der Waals surface area contributed by atoms with E-state index in [-0.39, 0.29) is 6.61 Å². The fourth-order valence-corrected chi connectivity index (χ4v) is 1.07. The van der Waals surface area contributed by atoms with Gasteiger partial charge in [-0.25, -0.2) is 4.79 Å². The number of carboxylic acids is 1. The summed E-state index contributed by atoms with van der Waals surface area (Å²) in [6.07, 6.45) is 1.25. The standard InChI is InChI=1S/C8H12O4/c1-4-8(6(9)10)5-11-7(2,3)12-8/h4H,1,5H2,2-3H3,(H,9,10). The van der Waals surface area contributed by atoms with Crippen LogP contribution in [-0.4, -0.2) is 29.1 Å². The summed E-state index contributed by atoms with van der Waals surface area (Å²) < 4.78 is 10.3. The molecular weight excluding hydrogens is 160 g/mol. The topological polar surface area (TPSA) is 55.8 Å². The molecule has 1 atom stereocenters. The van der Waals surface area contributed by atoms with Gasteiger partial charge in [0.2, 0.25) is 5.60 Å². The number of hydrogen-bond donors (Lipinski definition) is 1. The van der Waals surface area contributed by atoms with E-state index in [0.717, 1.165) is 0 Å². The largest absolute Gasteiger partial charge is 0.479 e. The minimum absolute atomic E-state index is 0.0127. The Kier molecular flexibility index (Phi) is 1.97.